The van der Waals surface area contributed by atoms with Crippen LogP contribution < -0.4 is 10.1 Å². The molecule has 112 valence electrons. The molecule has 1 N–H and O–H groups in total. The molecule has 1 aromatic carbocycles. The van der Waals surface area contributed by atoms with Crippen molar-refractivity contribution in [2.45, 2.75) is 51.5 Å². The number of methoxy groups -OCH3 is 1. The number of benzene rings is 1. The molecule has 0 aromatic heterocycles. The molecule has 1 unspecified atom stereocenters. The van der Waals surface area contributed by atoms with Gasteiger partial charge in [0.1, 0.15) is 5.75 Å². The molecule has 0 bridgehead atoms. The first-order valence-electron chi connectivity index (χ1n) is 7.81. The molecule has 1 aromatic rings. The Bertz CT molecular complexity index is 415. The summed E-state index contributed by atoms with van der Waals surface area (Å²) in [6.45, 7) is 3.18. The van der Waals surface area contributed by atoms with Gasteiger partial charge < -0.3 is 10.1 Å². The summed E-state index contributed by atoms with van der Waals surface area (Å²) in [4.78, 5) is 0. The Morgan fingerprint density at radius 1 is 1.30 bits per heavy atom. The van der Waals surface area contributed by atoms with Crippen LogP contribution in [0.15, 0.2) is 22.7 Å². The van der Waals surface area contributed by atoms with E-state index >= 15 is 0 Å². The van der Waals surface area contributed by atoms with E-state index in [-0.39, 0.29) is 0 Å². The van der Waals surface area contributed by atoms with Crippen molar-refractivity contribution in [1.82, 2.24) is 5.32 Å². The molecule has 0 spiro atoms. The van der Waals surface area contributed by atoms with E-state index in [4.69, 9.17) is 4.74 Å². The Morgan fingerprint density at radius 3 is 2.70 bits per heavy atom. The lowest BCUT2D eigenvalue weighted by Gasteiger charge is -2.28. The van der Waals surface area contributed by atoms with Crippen LogP contribution in [-0.2, 0) is 0 Å². The van der Waals surface area contributed by atoms with Crippen LogP contribution in [0.25, 0.3) is 0 Å². The third-order valence-corrected chi connectivity index (χ3v) is 5.05. The second-order valence-corrected chi connectivity index (χ2v) is 6.59. The van der Waals surface area contributed by atoms with E-state index in [1.807, 2.05) is 6.07 Å². The molecule has 1 aliphatic carbocycles. The second kappa shape index (κ2) is 8.04. The molecule has 1 fully saturated rings. The van der Waals surface area contributed by atoms with E-state index in [1.54, 1.807) is 7.11 Å². The van der Waals surface area contributed by atoms with Gasteiger partial charge in [-0.2, -0.15) is 0 Å². The van der Waals surface area contributed by atoms with Crippen LogP contribution in [0.5, 0.6) is 5.75 Å². The average molecular weight is 340 g/mol. The van der Waals surface area contributed by atoms with Crippen molar-refractivity contribution >= 4 is 15.9 Å². The van der Waals surface area contributed by atoms with Crippen LogP contribution in [-0.4, -0.2) is 13.7 Å². The summed E-state index contributed by atoms with van der Waals surface area (Å²) < 4.78 is 6.56. The van der Waals surface area contributed by atoms with Crippen LogP contribution in [0.2, 0.25) is 0 Å². The van der Waals surface area contributed by atoms with E-state index in [2.05, 4.69) is 40.3 Å². The standard InChI is InChI=1S/C17H26BrNO/c1-3-19-17(11-13-7-5-4-6-8-13)15-12-14(20-2)9-10-16(15)18/h9-10,12-13,17,19H,3-8,11H2,1-2H3. The molecule has 0 amide bonds. The zero-order chi connectivity index (χ0) is 14.4. The van der Waals surface area contributed by atoms with Crippen LogP contribution in [0.3, 0.4) is 0 Å². The van der Waals surface area contributed by atoms with Crippen molar-refractivity contribution in [1.29, 1.82) is 0 Å². The summed E-state index contributed by atoms with van der Waals surface area (Å²) in [5.41, 5.74) is 1.33. The fraction of sp³-hybridized carbons (Fsp3) is 0.647. The van der Waals surface area contributed by atoms with Gasteiger partial charge in [0, 0.05) is 10.5 Å². The highest BCUT2D eigenvalue weighted by Gasteiger charge is 2.21. The number of hydrogen-bond donors (Lipinski definition) is 1. The van der Waals surface area contributed by atoms with E-state index in [1.165, 1.54) is 48.6 Å². The fourth-order valence-corrected chi connectivity index (χ4v) is 3.76. The summed E-state index contributed by atoms with van der Waals surface area (Å²) in [6, 6.07) is 6.70. The minimum atomic E-state index is 0.424. The van der Waals surface area contributed by atoms with Crippen LogP contribution in [0.1, 0.15) is 57.1 Å². The first-order chi connectivity index (χ1) is 9.74. The topological polar surface area (TPSA) is 21.3 Å². The molecule has 1 saturated carbocycles. The van der Waals surface area contributed by atoms with Crippen LogP contribution in [0.4, 0.5) is 0 Å². The maximum absolute atomic E-state index is 5.38. The number of halogens is 1. The summed E-state index contributed by atoms with van der Waals surface area (Å²) in [5.74, 6) is 1.81. The van der Waals surface area contributed by atoms with Gasteiger partial charge in [-0.15, -0.1) is 0 Å². The van der Waals surface area contributed by atoms with Crippen molar-refractivity contribution in [3.63, 3.8) is 0 Å². The lowest BCUT2D eigenvalue weighted by molar-refractivity contribution is 0.301. The second-order valence-electron chi connectivity index (χ2n) is 5.74. The molecule has 1 aliphatic rings. The van der Waals surface area contributed by atoms with E-state index in [9.17, 15) is 0 Å². The summed E-state index contributed by atoms with van der Waals surface area (Å²) >= 11 is 3.70. The van der Waals surface area contributed by atoms with Gasteiger partial charge in [0.2, 0.25) is 0 Å². The quantitative estimate of drug-likeness (QED) is 0.780. The molecule has 0 saturated heterocycles. The van der Waals surface area contributed by atoms with Gasteiger partial charge in [-0.25, -0.2) is 0 Å². The van der Waals surface area contributed by atoms with Gasteiger partial charge in [0.05, 0.1) is 7.11 Å². The molecular weight excluding hydrogens is 314 g/mol. The summed E-state index contributed by atoms with van der Waals surface area (Å²) in [7, 11) is 1.73. The summed E-state index contributed by atoms with van der Waals surface area (Å²) in [6.07, 6.45) is 8.25. The maximum atomic E-state index is 5.38. The SMILES string of the molecule is CCNC(CC1CCCCC1)c1cc(OC)ccc1Br. The number of hydrogen-bond acceptors (Lipinski definition) is 2. The molecule has 20 heavy (non-hydrogen) atoms. The zero-order valence-electron chi connectivity index (χ0n) is 12.6. The van der Waals surface area contributed by atoms with Crippen molar-refractivity contribution in [2.24, 2.45) is 5.92 Å². The largest absolute Gasteiger partial charge is 0.497 e. The van der Waals surface area contributed by atoms with E-state index in [0.717, 1.165) is 18.2 Å². The predicted octanol–water partition coefficient (Wildman–Crippen LogP) is 5.08. The molecule has 0 aliphatic heterocycles. The van der Waals surface area contributed by atoms with Gasteiger partial charge in [-0.05, 0) is 42.6 Å². The predicted molar refractivity (Wildman–Crippen MR) is 88.3 cm³/mol. The molecule has 1 atom stereocenters. The lowest BCUT2D eigenvalue weighted by atomic mass is 9.83. The Balaban J connectivity index is 2.13. The third kappa shape index (κ3) is 4.23. The van der Waals surface area contributed by atoms with Gasteiger partial charge in [-0.3, -0.25) is 0 Å². The van der Waals surface area contributed by atoms with Crippen molar-refractivity contribution < 1.29 is 4.74 Å². The first-order valence-corrected chi connectivity index (χ1v) is 8.60. The molecular formula is C17H26BrNO. The third-order valence-electron chi connectivity index (χ3n) is 4.32. The van der Waals surface area contributed by atoms with Crippen molar-refractivity contribution in [3.05, 3.63) is 28.2 Å². The van der Waals surface area contributed by atoms with Crippen LogP contribution in [0, 0.1) is 5.92 Å². The lowest BCUT2D eigenvalue weighted by Crippen LogP contribution is -2.24. The maximum Gasteiger partial charge on any atom is 0.119 e. The van der Waals surface area contributed by atoms with Crippen molar-refractivity contribution in [3.8, 4) is 5.75 Å². The number of ether oxygens (including phenoxy) is 1. The van der Waals surface area contributed by atoms with E-state index in [0.29, 0.717) is 6.04 Å². The number of nitrogens with one attached hydrogen (secondary N) is 1. The molecule has 2 rings (SSSR count). The fourth-order valence-electron chi connectivity index (χ4n) is 3.24. The van der Waals surface area contributed by atoms with Crippen molar-refractivity contribution in [2.75, 3.05) is 13.7 Å². The smallest absolute Gasteiger partial charge is 0.119 e. The highest BCUT2D eigenvalue weighted by atomic mass is 79.9. The molecule has 3 heteroatoms. The minimum absolute atomic E-state index is 0.424. The molecule has 0 radical (unpaired) electrons. The first kappa shape index (κ1) is 15.8. The monoisotopic (exact) mass is 339 g/mol. The highest BCUT2D eigenvalue weighted by Crippen LogP contribution is 2.35. The Kier molecular flexibility index (Phi) is 6.37. The summed E-state index contributed by atoms with van der Waals surface area (Å²) in [5, 5.41) is 3.65. The van der Waals surface area contributed by atoms with Gasteiger partial charge >= 0.3 is 0 Å². The number of rotatable bonds is 6. The molecule has 0 heterocycles. The average Bonchev–Trinajstić information content (AvgIpc) is 2.48. The van der Waals surface area contributed by atoms with Gasteiger partial charge in [0.25, 0.3) is 0 Å². The Labute approximate surface area is 131 Å². The van der Waals surface area contributed by atoms with Gasteiger partial charge in [-0.1, -0.05) is 55.0 Å². The normalized spacial score (nSPS) is 17.9. The van der Waals surface area contributed by atoms with E-state index < -0.39 is 0 Å². The Hall–Kier alpha value is -0.540. The Morgan fingerprint density at radius 2 is 2.05 bits per heavy atom. The minimum Gasteiger partial charge on any atom is -0.497 e. The highest BCUT2D eigenvalue weighted by molar-refractivity contribution is 9.10. The van der Waals surface area contributed by atoms with Crippen LogP contribution >= 0.6 is 15.9 Å². The zero-order valence-corrected chi connectivity index (χ0v) is 14.2. The molecule has 2 nitrogen and oxygen atoms in total. The van der Waals surface area contributed by atoms with Gasteiger partial charge in [0.15, 0.2) is 0 Å².